The van der Waals surface area contributed by atoms with E-state index in [-0.39, 0.29) is 11.8 Å². The second-order valence-electron chi connectivity index (χ2n) is 5.61. The fourth-order valence-corrected chi connectivity index (χ4v) is 2.82. The molecule has 0 atom stereocenters. The molecular formula is C20H19NO3. The number of allylic oxidation sites excluding steroid dienone is 1. The highest BCUT2D eigenvalue weighted by molar-refractivity contribution is 6.21. The second-order valence-corrected chi connectivity index (χ2v) is 5.61. The van der Waals surface area contributed by atoms with E-state index in [0.29, 0.717) is 30.7 Å². The number of imide groups is 1. The average molecular weight is 321 g/mol. The molecule has 3 rings (SSSR count). The molecule has 2 amide bonds. The molecule has 0 spiro atoms. The maximum Gasteiger partial charge on any atom is 0.261 e. The predicted octanol–water partition coefficient (Wildman–Crippen LogP) is 3.48. The fourth-order valence-electron chi connectivity index (χ4n) is 2.82. The van der Waals surface area contributed by atoms with Crippen molar-refractivity contribution in [3.63, 3.8) is 0 Å². The van der Waals surface area contributed by atoms with E-state index in [1.165, 1.54) is 4.90 Å². The van der Waals surface area contributed by atoms with Gasteiger partial charge >= 0.3 is 0 Å². The Kier molecular flexibility index (Phi) is 4.75. The molecule has 0 saturated heterocycles. The lowest BCUT2D eigenvalue weighted by molar-refractivity contribution is 0.0646. The maximum absolute atomic E-state index is 12.3. The monoisotopic (exact) mass is 321 g/mol. The van der Waals surface area contributed by atoms with Gasteiger partial charge in [-0.15, -0.1) is 6.58 Å². The van der Waals surface area contributed by atoms with E-state index < -0.39 is 0 Å². The third kappa shape index (κ3) is 3.08. The van der Waals surface area contributed by atoms with Crippen LogP contribution in [0.5, 0.6) is 5.75 Å². The Bertz CT molecular complexity index is 747. The zero-order valence-electron chi connectivity index (χ0n) is 13.4. The third-order valence-electron chi connectivity index (χ3n) is 4.00. The van der Waals surface area contributed by atoms with Gasteiger partial charge in [0, 0.05) is 6.54 Å². The number of hydrogen-bond donors (Lipinski definition) is 0. The van der Waals surface area contributed by atoms with E-state index in [4.69, 9.17) is 4.74 Å². The van der Waals surface area contributed by atoms with E-state index in [1.54, 1.807) is 24.3 Å². The van der Waals surface area contributed by atoms with Crippen LogP contribution in [-0.4, -0.2) is 29.9 Å². The van der Waals surface area contributed by atoms with Crippen LogP contribution < -0.4 is 4.74 Å². The molecule has 0 bridgehead atoms. The molecule has 0 aromatic heterocycles. The molecule has 0 fully saturated rings. The number of carbonyl (C=O) groups excluding carboxylic acids is 2. The summed E-state index contributed by atoms with van der Waals surface area (Å²) in [6, 6.07) is 14.7. The van der Waals surface area contributed by atoms with Gasteiger partial charge in [0.2, 0.25) is 0 Å². The lowest BCUT2D eigenvalue weighted by atomic mass is 10.1. The summed E-state index contributed by atoms with van der Waals surface area (Å²) >= 11 is 0. The Morgan fingerprint density at radius 2 is 1.58 bits per heavy atom. The third-order valence-corrected chi connectivity index (χ3v) is 4.00. The van der Waals surface area contributed by atoms with E-state index in [1.807, 2.05) is 30.3 Å². The molecule has 0 unspecified atom stereocenters. The smallest absolute Gasteiger partial charge is 0.261 e. The molecule has 1 aliphatic rings. The van der Waals surface area contributed by atoms with Crippen LogP contribution in [0.3, 0.4) is 0 Å². The topological polar surface area (TPSA) is 46.6 Å². The molecule has 2 aromatic carbocycles. The largest absolute Gasteiger partial charge is 0.493 e. The van der Waals surface area contributed by atoms with Crippen LogP contribution >= 0.6 is 0 Å². The zero-order chi connectivity index (χ0) is 16.9. The van der Waals surface area contributed by atoms with Crippen LogP contribution in [0.15, 0.2) is 61.2 Å². The van der Waals surface area contributed by atoms with E-state index in [9.17, 15) is 9.59 Å². The first-order valence-electron chi connectivity index (χ1n) is 7.99. The van der Waals surface area contributed by atoms with Crippen LogP contribution in [0, 0.1) is 0 Å². The average Bonchev–Trinajstić information content (AvgIpc) is 2.85. The van der Waals surface area contributed by atoms with Gasteiger partial charge < -0.3 is 4.74 Å². The summed E-state index contributed by atoms with van der Waals surface area (Å²) in [7, 11) is 0. The minimum absolute atomic E-state index is 0.220. The van der Waals surface area contributed by atoms with Gasteiger partial charge in [-0.25, -0.2) is 0 Å². The number of hydrogen-bond acceptors (Lipinski definition) is 3. The Morgan fingerprint density at radius 1 is 0.958 bits per heavy atom. The lowest BCUT2D eigenvalue weighted by Gasteiger charge is -2.15. The maximum atomic E-state index is 12.3. The standard InChI is InChI=1S/C20H19NO3/c1-2-8-15-9-3-6-12-18(15)24-14-7-13-21-19(22)16-10-4-5-11-17(16)20(21)23/h2-6,9-12H,1,7-8,13-14H2. The van der Waals surface area contributed by atoms with Gasteiger partial charge in [0.1, 0.15) is 5.75 Å². The molecule has 24 heavy (non-hydrogen) atoms. The summed E-state index contributed by atoms with van der Waals surface area (Å²) in [6.07, 6.45) is 3.17. The Hall–Kier alpha value is -2.88. The van der Waals surface area contributed by atoms with Crippen molar-refractivity contribution in [2.75, 3.05) is 13.2 Å². The van der Waals surface area contributed by atoms with Crippen LogP contribution in [-0.2, 0) is 6.42 Å². The Labute approximate surface area is 141 Å². The first-order valence-corrected chi connectivity index (χ1v) is 7.99. The van der Waals surface area contributed by atoms with Crippen molar-refractivity contribution in [2.45, 2.75) is 12.8 Å². The number of nitrogens with zero attached hydrogens (tertiary/aromatic N) is 1. The zero-order valence-corrected chi connectivity index (χ0v) is 13.4. The highest BCUT2D eigenvalue weighted by Crippen LogP contribution is 2.23. The van der Waals surface area contributed by atoms with Crippen molar-refractivity contribution in [3.8, 4) is 5.75 Å². The fraction of sp³-hybridized carbons (Fsp3) is 0.200. The van der Waals surface area contributed by atoms with E-state index in [2.05, 4.69) is 6.58 Å². The van der Waals surface area contributed by atoms with Gasteiger partial charge in [-0.3, -0.25) is 14.5 Å². The summed E-state index contributed by atoms with van der Waals surface area (Å²) in [5, 5.41) is 0. The summed E-state index contributed by atoms with van der Waals surface area (Å²) in [4.78, 5) is 25.8. The van der Waals surface area contributed by atoms with Gasteiger partial charge in [0.25, 0.3) is 11.8 Å². The normalized spacial score (nSPS) is 13.1. The number of para-hydroxylation sites is 1. The molecule has 0 radical (unpaired) electrons. The number of benzene rings is 2. The molecule has 0 saturated carbocycles. The van der Waals surface area contributed by atoms with Crippen molar-refractivity contribution < 1.29 is 14.3 Å². The lowest BCUT2D eigenvalue weighted by Crippen LogP contribution is -2.31. The molecule has 0 aliphatic carbocycles. The molecule has 2 aromatic rings. The minimum atomic E-state index is -0.220. The molecule has 1 heterocycles. The van der Waals surface area contributed by atoms with Crippen molar-refractivity contribution in [2.24, 2.45) is 0 Å². The molecule has 0 N–H and O–H groups in total. The van der Waals surface area contributed by atoms with Crippen molar-refractivity contribution >= 4 is 11.8 Å². The van der Waals surface area contributed by atoms with Gasteiger partial charge in [-0.2, -0.15) is 0 Å². The molecule has 122 valence electrons. The molecular weight excluding hydrogens is 302 g/mol. The minimum Gasteiger partial charge on any atom is -0.493 e. The van der Waals surface area contributed by atoms with E-state index in [0.717, 1.165) is 17.7 Å². The van der Waals surface area contributed by atoms with Crippen LogP contribution in [0.2, 0.25) is 0 Å². The summed E-state index contributed by atoms with van der Waals surface area (Å²) in [6.45, 7) is 4.55. The van der Waals surface area contributed by atoms with Gasteiger partial charge in [0.05, 0.1) is 17.7 Å². The van der Waals surface area contributed by atoms with Gasteiger partial charge in [-0.1, -0.05) is 36.4 Å². The summed E-state index contributed by atoms with van der Waals surface area (Å²) < 4.78 is 5.80. The van der Waals surface area contributed by atoms with Crippen molar-refractivity contribution in [1.29, 1.82) is 0 Å². The molecule has 1 aliphatic heterocycles. The number of fused-ring (bicyclic) bond motifs is 1. The van der Waals surface area contributed by atoms with Crippen molar-refractivity contribution in [1.82, 2.24) is 4.90 Å². The number of amides is 2. The quantitative estimate of drug-likeness (QED) is 0.445. The first kappa shape index (κ1) is 16.0. The first-order chi connectivity index (χ1) is 11.7. The van der Waals surface area contributed by atoms with Crippen molar-refractivity contribution in [3.05, 3.63) is 77.9 Å². The number of carbonyl (C=O) groups is 2. The van der Waals surface area contributed by atoms with Crippen LogP contribution in [0.25, 0.3) is 0 Å². The highest BCUT2D eigenvalue weighted by atomic mass is 16.5. The Balaban J connectivity index is 1.56. The van der Waals surface area contributed by atoms with Crippen LogP contribution in [0.4, 0.5) is 0 Å². The molecule has 4 heteroatoms. The van der Waals surface area contributed by atoms with E-state index >= 15 is 0 Å². The SMILES string of the molecule is C=CCc1ccccc1OCCCN1C(=O)c2ccccc2C1=O. The van der Waals surface area contributed by atoms with Crippen LogP contribution in [0.1, 0.15) is 32.7 Å². The highest BCUT2D eigenvalue weighted by Gasteiger charge is 2.34. The second kappa shape index (κ2) is 7.13. The molecule has 4 nitrogen and oxygen atoms in total. The number of rotatable bonds is 7. The van der Waals surface area contributed by atoms with Gasteiger partial charge in [0.15, 0.2) is 0 Å². The van der Waals surface area contributed by atoms with Gasteiger partial charge in [-0.05, 0) is 36.6 Å². The summed E-state index contributed by atoms with van der Waals surface area (Å²) in [5.74, 6) is 0.380. The Morgan fingerprint density at radius 3 is 2.25 bits per heavy atom. The summed E-state index contributed by atoms with van der Waals surface area (Å²) in [5.41, 5.74) is 2.05. The predicted molar refractivity (Wildman–Crippen MR) is 92.3 cm³/mol. The number of ether oxygens (including phenoxy) is 1.